The maximum absolute atomic E-state index is 12.3. The molecule has 0 saturated heterocycles. The van der Waals surface area contributed by atoms with Crippen molar-refractivity contribution in [3.63, 3.8) is 0 Å². The number of anilines is 3. The SMILES string of the molecule is O=S(=O)(Nc1ccc(Nc2ncnc3[nH]ccc23)cc1)c1ccccc1. The summed E-state index contributed by atoms with van der Waals surface area (Å²) in [6.45, 7) is 0. The molecule has 8 heteroatoms. The van der Waals surface area contributed by atoms with Gasteiger partial charge in [0.15, 0.2) is 0 Å². The minimum atomic E-state index is -3.60. The van der Waals surface area contributed by atoms with Gasteiger partial charge in [-0.1, -0.05) is 18.2 Å². The van der Waals surface area contributed by atoms with E-state index in [1.54, 1.807) is 60.8 Å². The first-order valence-corrected chi connectivity index (χ1v) is 9.33. The molecule has 0 spiro atoms. The van der Waals surface area contributed by atoms with Gasteiger partial charge >= 0.3 is 0 Å². The topological polar surface area (TPSA) is 99.8 Å². The van der Waals surface area contributed by atoms with Crippen molar-refractivity contribution in [3.8, 4) is 0 Å². The van der Waals surface area contributed by atoms with Crippen LogP contribution in [0.4, 0.5) is 17.2 Å². The monoisotopic (exact) mass is 365 g/mol. The fourth-order valence-electron chi connectivity index (χ4n) is 2.54. The summed E-state index contributed by atoms with van der Waals surface area (Å²) in [5.74, 6) is 0.675. The lowest BCUT2D eigenvalue weighted by atomic mass is 10.3. The molecule has 7 nitrogen and oxygen atoms in total. The molecule has 2 aromatic heterocycles. The van der Waals surface area contributed by atoms with Gasteiger partial charge < -0.3 is 10.3 Å². The summed E-state index contributed by atoms with van der Waals surface area (Å²) < 4.78 is 27.3. The average molecular weight is 365 g/mol. The maximum Gasteiger partial charge on any atom is 0.261 e. The highest BCUT2D eigenvalue weighted by Crippen LogP contribution is 2.24. The quantitative estimate of drug-likeness (QED) is 0.503. The number of nitrogens with one attached hydrogen (secondary N) is 3. The largest absolute Gasteiger partial charge is 0.346 e. The normalized spacial score (nSPS) is 11.4. The highest BCUT2D eigenvalue weighted by molar-refractivity contribution is 7.92. The van der Waals surface area contributed by atoms with Crippen LogP contribution in [-0.4, -0.2) is 23.4 Å². The van der Waals surface area contributed by atoms with E-state index in [2.05, 4.69) is 25.0 Å². The molecule has 0 aliphatic carbocycles. The lowest BCUT2D eigenvalue weighted by Gasteiger charge is -2.10. The molecule has 0 saturated carbocycles. The van der Waals surface area contributed by atoms with Crippen molar-refractivity contribution in [2.45, 2.75) is 4.90 Å². The molecule has 4 rings (SSSR count). The number of hydrogen-bond donors (Lipinski definition) is 3. The Kier molecular flexibility index (Phi) is 4.02. The summed E-state index contributed by atoms with van der Waals surface area (Å²) in [5, 5.41) is 4.08. The number of hydrogen-bond acceptors (Lipinski definition) is 5. The Bertz CT molecular complexity index is 1140. The van der Waals surface area contributed by atoms with Gasteiger partial charge in [-0.05, 0) is 42.5 Å². The second-order valence-electron chi connectivity index (χ2n) is 5.58. The Morgan fingerprint density at radius 1 is 0.846 bits per heavy atom. The molecule has 0 bridgehead atoms. The number of nitrogens with zero attached hydrogens (tertiary/aromatic N) is 2. The molecule has 130 valence electrons. The summed E-state index contributed by atoms with van der Waals surface area (Å²) in [7, 11) is -3.60. The lowest BCUT2D eigenvalue weighted by Crippen LogP contribution is -2.12. The number of benzene rings is 2. The predicted molar refractivity (Wildman–Crippen MR) is 101 cm³/mol. The smallest absolute Gasteiger partial charge is 0.261 e. The van der Waals surface area contributed by atoms with E-state index in [1.165, 1.54) is 6.33 Å². The van der Waals surface area contributed by atoms with Crippen molar-refractivity contribution in [2.24, 2.45) is 0 Å². The van der Waals surface area contributed by atoms with Gasteiger partial charge in [-0.2, -0.15) is 0 Å². The fraction of sp³-hybridized carbons (Fsp3) is 0. The molecule has 0 radical (unpaired) electrons. The Hall–Kier alpha value is -3.39. The lowest BCUT2D eigenvalue weighted by molar-refractivity contribution is 0.601. The zero-order valence-electron chi connectivity index (χ0n) is 13.5. The van der Waals surface area contributed by atoms with Crippen LogP contribution in [0.15, 0.2) is 78.1 Å². The van der Waals surface area contributed by atoms with Crippen molar-refractivity contribution in [1.29, 1.82) is 0 Å². The van der Waals surface area contributed by atoms with E-state index in [0.29, 0.717) is 11.5 Å². The van der Waals surface area contributed by atoms with E-state index in [4.69, 9.17) is 0 Å². The third kappa shape index (κ3) is 3.22. The van der Waals surface area contributed by atoms with Crippen LogP contribution in [0.1, 0.15) is 0 Å². The van der Waals surface area contributed by atoms with Crippen molar-refractivity contribution < 1.29 is 8.42 Å². The Labute approximate surface area is 150 Å². The summed E-state index contributed by atoms with van der Waals surface area (Å²) in [4.78, 5) is 11.6. The van der Waals surface area contributed by atoms with Crippen molar-refractivity contribution in [3.05, 3.63) is 73.2 Å². The maximum atomic E-state index is 12.3. The highest BCUT2D eigenvalue weighted by atomic mass is 32.2. The van der Waals surface area contributed by atoms with Crippen LogP contribution in [-0.2, 0) is 10.0 Å². The number of rotatable bonds is 5. The molecule has 4 aromatic rings. The zero-order valence-corrected chi connectivity index (χ0v) is 14.4. The minimum absolute atomic E-state index is 0.220. The second-order valence-corrected chi connectivity index (χ2v) is 7.27. The molecule has 0 amide bonds. The molecule has 3 N–H and O–H groups in total. The fourth-order valence-corrected chi connectivity index (χ4v) is 3.62. The van der Waals surface area contributed by atoms with E-state index in [9.17, 15) is 8.42 Å². The van der Waals surface area contributed by atoms with Crippen LogP contribution < -0.4 is 10.0 Å². The van der Waals surface area contributed by atoms with Crippen molar-refractivity contribution >= 4 is 38.2 Å². The minimum Gasteiger partial charge on any atom is -0.346 e. The molecule has 0 aliphatic rings. The molecule has 26 heavy (non-hydrogen) atoms. The summed E-state index contributed by atoms with van der Waals surface area (Å²) in [6.07, 6.45) is 3.27. The van der Waals surface area contributed by atoms with Gasteiger partial charge in [-0.15, -0.1) is 0 Å². The van der Waals surface area contributed by atoms with Gasteiger partial charge in [-0.25, -0.2) is 18.4 Å². The third-order valence-electron chi connectivity index (χ3n) is 3.81. The second kappa shape index (κ2) is 6.49. The zero-order chi connectivity index (χ0) is 18.0. The molecule has 2 heterocycles. The van der Waals surface area contributed by atoms with Gasteiger partial charge in [0.1, 0.15) is 17.8 Å². The third-order valence-corrected chi connectivity index (χ3v) is 5.20. The first-order chi connectivity index (χ1) is 12.6. The van der Waals surface area contributed by atoms with Crippen LogP contribution in [0.3, 0.4) is 0 Å². The standard InChI is InChI=1S/C18H15N5O2S/c24-26(25,15-4-2-1-3-5-15)23-14-8-6-13(7-9-14)22-18-16-10-11-19-17(16)20-12-21-18/h1-12,23H,(H2,19,20,21,22). The number of aromatic amines is 1. The Balaban J connectivity index is 1.53. The summed E-state index contributed by atoms with van der Waals surface area (Å²) in [6, 6.07) is 17.1. The molecule has 0 fully saturated rings. The van der Waals surface area contributed by atoms with Gasteiger partial charge in [0.25, 0.3) is 10.0 Å². The van der Waals surface area contributed by atoms with Crippen LogP contribution >= 0.6 is 0 Å². The molecule has 0 aliphatic heterocycles. The van der Waals surface area contributed by atoms with Crippen LogP contribution in [0.5, 0.6) is 0 Å². The van der Waals surface area contributed by atoms with Crippen LogP contribution in [0.2, 0.25) is 0 Å². The van der Waals surface area contributed by atoms with E-state index in [1.807, 2.05) is 6.07 Å². The van der Waals surface area contributed by atoms with E-state index in [0.717, 1.165) is 16.7 Å². The van der Waals surface area contributed by atoms with E-state index < -0.39 is 10.0 Å². The number of H-pyrrole nitrogens is 1. The first-order valence-electron chi connectivity index (χ1n) is 7.85. The number of aromatic nitrogens is 3. The molecular formula is C18H15N5O2S. The number of fused-ring (bicyclic) bond motifs is 1. The van der Waals surface area contributed by atoms with Crippen LogP contribution in [0.25, 0.3) is 11.0 Å². The van der Waals surface area contributed by atoms with Crippen LogP contribution in [0, 0.1) is 0 Å². The van der Waals surface area contributed by atoms with Crippen molar-refractivity contribution in [2.75, 3.05) is 10.0 Å². The first kappa shape index (κ1) is 16.1. The van der Waals surface area contributed by atoms with Crippen molar-refractivity contribution in [1.82, 2.24) is 15.0 Å². The van der Waals surface area contributed by atoms with E-state index >= 15 is 0 Å². The molecule has 0 atom stereocenters. The van der Waals surface area contributed by atoms with Gasteiger partial charge in [0.05, 0.1) is 10.3 Å². The summed E-state index contributed by atoms with van der Waals surface area (Å²) in [5.41, 5.74) is 2.01. The van der Waals surface area contributed by atoms with E-state index in [-0.39, 0.29) is 4.90 Å². The summed E-state index contributed by atoms with van der Waals surface area (Å²) >= 11 is 0. The molecular weight excluding hydrogens is 350 g/mol. The van der Waals surface area contributed by atoms with Gasteiger partial charge in [0, 0.05) is 17.6 Å². The predicted octanol–water partition coefficient (Wildman–Crippen LogP) is 3.50. The molecule has 0 unspecified atom stereocenters. The average Bonchev–Trinajstić information content (AvgIpc) is 3.14. The number of sulfonamides is 1. The molecule has 2 aromatic carbocycles. The highest BCUT2D eigenvalue weighted by Gasteiger charge is 2.13. The van der Waals surface area contributed by atoms with Gasteiger partial charge in [-0.3, -0.25) is 4.72 Å². The Morgan fingerprint density at radius 3 is 2.35 bits per heavy atom. The van der Waals surface area contributed by atoms with Gasteiger partial charge in [0.2, 0.25) is 0 Å². The Morgan fingerprint density at radius 2 is 1.58 bits per heavy atom.